The Kier molecular flexibility index (Phi) is 5.27. The van der Waals surface area contributed by atoms with Crippen LogP contribution in [0.25, 0.3) is 11.3 Å². The lowest BCUT2D eigenvalue weighted by molar-refractivity contribution is -0.105. The lowest BCUT2D eigenvalue weighted by Gasteiger charge is -2.24. The van der Waals surface area contributed by atoms with Crippen LogP contribution in [0.3, 0.4) is 0 Å². The highest BCUT2D eigenvalue weighted by Gasteiger charge is 2.20. The minimum Gasteiger partial charge on any atom is -0.497 e. The lowest BCUT2D eigenvalue weighted by atomic mass is 10.1. The van der Waals surface area contributed by atoms with Crippen LogP contribution in [0.2, 0.25) is 0 Å². The normalized spacial score (nSPS) is 17.5. The van der Waals surface area contributed by atoms with E-state index < -0.39 is 5.82 Å². The third-order valence-electron chi connectivity index (χ3n) is 3.92. The summed E-state index contributed by atoms with van der Waals surface area (Å²) in [5.74, 6) is 0.495. The first kappa shape index (κ1) is 16.7. The van der Waals surface area contributed by atoms with Crippen molar-refractivity contribution in [3.8, 4) is 22.8 Å². The number of pyridine rings is 1. The molecule has 128 valence electrons. The van der Waals surface area contributed by atoms with Crippen molar-refractivity contribution < 1.29 is 23.7 Å². The molecule has 1 fully saturated rings. The molecule has 1 unspecified atom stereocenters. The van der Waals surface area contributed by atoms with Crippen molar-refractivity contribution in [3.05, 3.63) is 41.8 Å². The molecule has 0 radical (unpaired) electrons. The van der Waals surface area contributed by atoms with Crippen LogP contribution in [0.5, 0.6) is 11.5 Å². The van der Waals surface area contributed by atoms with E-state index in [1.54, 1.807) is 18.2 Å². The molecule has 2 heterocycles. The Hall–Kier alpha value is -2.18. The maximum Gasteiger partial charge on any atom is 0.199 e. The summed E-state index contributed by atoms with van der Waals surface area (Å²) >= 11 is 0. The number of nitrogens with zero attached hydrogens (tertiary/aromatic N) is 1. The number of ether oxygens (including phenoxy) is 3. The molecule has 0 bridgehead atoms. The Labute approximate surface area is 140 Å². The number of aromatic nitrogens is 1. The average molecular weight is 333 g/mol. The van der Waals surface area contributed by atoms with Gasteiger partial charge in [0.25, 0.3) is 0 Å². The molecule has 2 aromatic rings. The smallest absolute Gasteiger partial charge is 0.199 e. The molecule has 24 heavy (non-hydrogen) atoms. The molecular formula is C18H20FNO4. The van der Waals surface area contributed by atoms with Gasteiger partial charge in [0, 0.05) is 18.2 Å². The van der Waals surface area contributed by atoms with Crippen LogP contribution in [0, 0.1) is 5.82 Å². The monoisotopic (exact) mass is 333 g/mol. The van der Waals surface area contributed by atoms with Crippen LogP contribution in [-0.2, 0) is 11.3 Å². The topological polar surface area (TPSA) is 60.8 Å². The zero-order chi connectivity index (χ0) is 16.9. The summed E-state index contributed by atoms with van der Waals surface area (Å²) in [6.07, 6.45) is 3.90. The largest absolute Gasteiger partial charge is 0.497 e. The number of hydrogen-bond acceptors (Lipinski definition) is 5. The van der Waals surface area contributed by atoms with Gasteiger partial charge in [-0.1, -0.05) is 0 Å². The summed E-state index contributed by atoms with van der Waals surface area (Å²) in [4.78, 5) is 4.29. The molecule has 0 saturated carbocycles. The van der Waals surface area contributed by atoms with Crippen LogP contribution in [0.15, 0.2) is 30.5 Å². The van der Waals surface area contributed by atoms with Gasteiger partial charge in [-0.3, -0.25) is 4.98 Å². The van der Waals surface area contributed by atoms with Gasteiger partial charge >= 0.3 is 0 Å². The van der Waals surface area contributed by atoms with Crippen molar-refractivity contribution in [1.29, 1.82) is 0 Å². The van der Waals surface area contributed by atoms with Gasteiger partial charge < -0.3 is 19.3 Å². The van der Waals surface area contributed by atoms with E-state index in [1.165, 1.54) is 19.4 Å². The van der Waals surface area contributed by atoms with Crippen LogP contribution in [0.1, 0.15) is 24.8 Å². The zero-order valence-corrected chi connectivity index (χ0v) is 13.5. The van der Waals surface area contributed by atoms with Gasteiger partial charge in [0.15, 0.2) is 6.29 Å². The Morgan fingerprint density at radius 2 is 2.21 bits per heavy atom. The van der Waals surface area contributed by atoms with E-state index in [-0.39, 0.29) is 18.5 Å². The first-order chi connectivity index (χ1) is 11.7. The fourth-order valence-corrected chi connectivity index (χ4v) is 2.62. The van der Waals surface area contributed by atoms with Crippen molar-refractivity contribution in [2.75, 3.05) is 13.7 Å². The quantitative estimate of drug-likeness (QED) is 0.910. The minimum absolute atomic E-state index is 0.171. The van der Waals surface area contributed by atoms with Gasteiger partial charge in [0.05, 0.1) is 20.3 Å². The van der Waals surface area contributed by atoms with Gasteiger partial charge in [0.1, 0.15) is 23.0 Å². The molecule has 1 aliphatic rings. The van der Waals surface area contributed by atoms with Gasteiger partial charge in [-0.15, -0.1) is 0 Å². The second kappa shape index (κ2) is 7.59. The fraction of sp³-hybridized carbons (Fsp3) is 0.389. The summed E-state index contributed by atoms with van der Waals surface area (Å²) in [6.45, 7) is 0.469. The second-order valence-electron chi connectivity index (χ2n) is 5.61. The van der Waals surface area contributed by atoms with Gasteiger partial charge in [-0.05, 0) is 42.7 Å². The number of aliphatic hydroxyl groups excluding tert-OH is 1. The molecule has 0 aliphatic carbocycles. The minimum atomic E-state index is -0.422. The number of hydrogen-bond donors (Lipinski definition) is 1. The Balaban J connectivity index is 2.00. The highest BCUT2D eigenvalue weighted by Crippen LogP contribution is 2.34. The predicted molar refractivity (Wildman–Crippen MR) is 86.3 cm³/mol. The van der Waals surface area contributed by atoms with Crippen molar-refractivity contribution in [2.45, 2.75) is 32.2 Å². The summed E-state index contributed by atoms with van der Waals surface area (Å²) < 4.78 is 31.0. The lowest BCUT2D eigenvalue weighted by Crippen LogP contribution is -2.25. The van der Waals surface area contributed by atoms with Crippen molar-refractivity contribution in [3.63, 3.8) is 0 Å². The number of benzene rings is 1. The number of rotatable bonds is 5. The molecule has 3 rings (SSSR count). The third kappa shape index (κ3) is 3.66. The first-order valence-electron chi connectivity index (χ1n) is 7.93. The zero-order valence-electron chi connectivity index (χ0n) is 13.5. The Morgan fingerprint density at radius 3 is 2.92 bits per heavy atom. The summed E-state index contributed by atoms with van der Waals surface area (Å²) in [5, 5.41) is 9.35. The highest BCUT2D eigenvalue weighted by atomic mass is 19.1. The molecule has 1 N–H and O–H groups in total. The molecule has 6 heteroatoms. The van der Waals surface area contributed by atoms with E-state index in [0.717, 1.165) is 19.3 Å². The number of halogens is 1. The number of methoxy groups -OCH3 is 1. The molecule has 1 saturated heterocycles. The fourth-order valence-electron chi connectivity index (χ4n) is 2.62. The molecule has 0 amide bonds. The van der Waals surface area contributed by atoms with E-state index >= 15 is 0 Å². The van der Waals surface area contributed by atoms with E-state index in [9.17, 15) is 9.50 Å². The third-order valence-corrected chi connectivity index (χ3v) is 3.92. The number of aliphatic hydroxyl groups is 1. The van der Waals surface area contributed by atoms with E-state index in [0.29, 0.717) is 29.4 Å². The summed E-state index contributed by atoms with van der Waals surface area (Å²) in [7, 11) is 1.52. The average Bonchev–Trinajstić information content (AvgIpc) is 2.63. The van der Waals surface area contributed by atoms with Gasteiger partial charge in [-0.2, -0.15) is 0 Å². The van der Waals surface area contributed by atoms with Crippen LogP contribution in [0.4, 0.5) is 4.39 Å². The molecule has 1 atom stereocenters. The van der Waals surface area contributed by atoms with Crippen molar-refractivity contribution in [2.24, 2.45) is 0 Å². The van der Waals surface area contributed by atoms with E-state index in [2.05, 4.69) is 4.98 Å². The highest BCUT2D eigenvalue weighted by molar-refractivity contribution is 5.68. The Morgan fingerprint density at radius 1 is 1.33 bits per heavy atom. The molecule has 1 aromatic heterocycles. The molecule has 1 aromatic carbocycles. The Bertz CT molecular complexity index is 701. The molecular weight excluding hydrogens is 313 g/mol. The van der Waals surface area contributed by atoms with Crippen LogP contribution in [-0.4, -0.2) is 30.1 Å². The second-order valence-corrected chi connectivity index (χ2v) is 5.61. The molecule has 5 nitrogen and oxygen atoms in total. The van der Waals surface area contributed by atoms with Crippen LogP contribution < -0.4 is 9.47 Å². The van der Waals surface area contributed by atoms with Crippen molar-refractivity contribution in [1.82, 2.24) is 4.98 Å². The van der Waals surface area contributed by atoms with Crippen LogP contribution >= 0.6 is 0 Å². The summed E-state index contributed by atoms with van der Waals surface area (Å²) in [6, 6.07) is 6.12. The molecule has 0 spiro atoms. The first-order valence-corrected chi connectivity index (χ1v) is 7.93. The summed E-state index contributed by atoms with van der Waals surface area (Å²) in [5.41, 5.74) is 1.23. The van der Waals surface area contributed by atoms with E-state index in [1.807, 2.05) is 0 Å². The SMILES string of the molecule is COc1ccc(F)c(-c2ncc(CO)cc2OC2CCCCO2)c1. The van der Waals surface area contributed by atoms with Gasteiger partial charge in [-0.25, -0.2) is 4.39 Å². The standard InChI is InChI=1S/C18H20FNO4/c1-22-13-5-6-15(19)14(9-13)18-16(8-12(11-21)10-20-18)24-17-4-2-3-7-23-17/h5-6,8-10,17,21H,2-4,7,11H2,1H3. The van der Waals surface area contributed by atoms with Crippen molar-refractivity contribution >= 4 is 0 Å². The molecule has 1 aliphatic heterocycles. The van der Waals surface area contributed by atoms with E-state index in [4.69, 9.17) is 14.2 Å². The maximum atomic E-state index is 14.3. The maximum absolute atomic E-state index is 14.3. The van der Waals surface area contributed by atoms with Gasteiger partial charge in [0.2, 0.25) is 0 Å². The predicted octanol–water partition coefficient (Wildman–Crippen LogP) is 3.29.